The van der Waals surface area contributed by atoms with Crippen LogP contribution in [0.15, 0.2) is 65.1 Å². The average Bonchev–Trinajstić information content (AvgIpc) is 4.19. The molecule has 376 valence electrons. The lowest BCUT2D eigenvalue weighted by Gasteiger charge is -2.19. The van der Waals surface area contributed by atoms with E-state index in [1.807, 2.05) is 74.2 Å². The highest BCUT2D eigenvalue weighted by molar-refractivity contribution is 6.13. The number of nitrogens with two attached hydrogens (primary N) is 2. The van der Waals surface area contributed by atoms with Crippen molar-refractivity contribution in [3.8, 4) is 22.9 Å². The Morgan fingerprint density at radius 3 is 2.26 bits per heavy atom. The van der Waals surface area contributed by atoms with Gasteiger partial charge in [-0.1, -0.05) is 32.9 Å². The molecule has 5 N–H and O–H groups in total. The minimum atomic E-state index is -0.739. The second-order valence-corrected chi connectivity index (χ2v) is 16.4. The molecule has 0 radical (unpaired) electrons. The zero-order valence-electron chi connectivity index (χ0n) is 41.4. The number of carbonyl (C=O) groups is 6. The van der Waals surface area contributed by atoms with Crippen LogP contribution in [0.5, 0.6) is 11.5 Å². The number of imide groups is 1. The number of allylic oxidation sites excluding steroid dienone is 2. The van der Waals surface area contributed by atoms with Gasteiger partial charge < -0.3 is 39.4 Å². The fourth-order valence-corrected chi connectivity index (χ4v) is 8.32. The monoisotopic (exact) mass is 983 g/mol. The fraction of sp³-hybridized carbons (Fsp3) is 0.340. The van der Waals surface area contributed by atoms with E-state index < -0.39 is 29.5 Å². The summed E-state index contributed by atoms with van der Waals surface area (Å²) in [4.78, 5) is 97.1. The van der Waals surface area contributed by atoms with Crippen LogP contribution < -0.4 is 26.3 Å². The summed E-state index contributed by atoms with van der Waals surface area (Å²) in [7, 11) is 3.10. The number of amides is 6. The summed E-state index contributed by atoms with van der Waals surface area (Å²) in [6.45, 7) is 12.7. The van der Waals surface area contributed by atoms with Crippen LogP contribution in [-0.2, 0) is 40.4 Å². The summed E-state index contributed by atoms with van der Waals surface area (Å²) in [6.07, 6.45) is 6.81. The van der Waals surface area contributed by atoms with E-state index in [4.69, 9.17) is 35.3 Å². The van der Waals surface area contributed by atoms with Gasteiger partial charge in [0.1, 0.15) is 39.4 Å². The number of ether oxygens (including phenoxy) is 2. The number of hydrogen-bond acceptors (Lipinski definition) is 14. The Labute approximate surface area is 413 Å². The Hall–Kier alpha value is -8.69. The molecular weight excluding hydrogens is 927 g/mol. The Morgan fingerprint density at radius 1 is 0.875 bits per heavy atom. The minimum absolute atomic E-state index is 0.0230. The first kappa shape index (κ1) is 51.2. The van der Waals surface area contributed by atoms with Crippen molar-refractivity contribution in [3.63, 3.8) is 0 Å². The largest absolute Gasteiger partial charge is 0.494 e. The number of primary amides is 2. The van der Waals surface area contributed by atoms with Gasteiger partial charge in [0.15, 0.2) is 5.89 Å². The van der Waals surface area contributed by atoms with Gasteiger partial charge >= 0.3 is 0 Å². The van der Waals surface area contributed by atoms with Gasteiger partial charge in [-0.25, -0.2) is 19.9 Å². The molecule has 0 saturated heterocycles. The molecule has 0 aliphatic carbocycles. The van der Waals surface area contributed by atoms with E-state index in [1.54, 1.807) is 18.5 Å². The number of nitrogens with one attached hydrogen (secondary N) is 1. The number of methoxy groups -OCH3 is 1. The zero-order chi connectivity index (χ0) is 52.0. The molecule has 1 aliphatic heterocycles. The fourth-order valence-electron chi connectivity index (χ4n) is 8.32. The summed E-state index contributed by atoms with van der Waals surface area (Å²) >= 11 is 0. The molecule has 22 heteroatoms. The van der Waals surface area contributed by atoms with E-state index in [9.17, 15) is 28.8 Å². The van der Waals surface area contributed by atoms with Gasteiger partial charge in [0.05, 0.1) is 42.0 Å². The van der Waals surface area contributed by atoms with Gasteiger partial charge in [-0.05, 0) is 57.0 Å². The van der Waals surface area contributed by atoms with Crippen molar-refractivity contribution >= 4 is 74.5 Å². The molecule has 0 spiro atoms. The van der Waals surface area contributed by atoms with Crippen LogP contribution in [-0.4, -0.2) is 118 Å². The average molecular weight is 984 g/mol. The van der Waals surface area contributed by atoms with Gasteiger partial charge in [0, 0.05) is 82.3 Å². The number of oxazole rings is 1. The summed E-state index contributed by atoms with van der Waals surface area (Å²) in [5.74, 6) is -2.23. The number of benzene rings is 1. The smallest absolute Gasteiger partial charge is 0.295 e. The van der Waals surface area contributed by atoms with Crippen molar-refractivity contribution in [1.29, 1.82) is 0 Å². The molecule has 0 fully saturated rings. The van der Waals surface area contributed by atoms with Crippen LogP contribution in [0.25, 0.3) is 44.5 Å². The number of imidazole rings is 1. The van der Waals surface area contributed by atoms with Gasteiger partial charge in [-0.15, -0.1) is 0 Å². The number of anilines is 1. The molecule has 1 aliphatic rings. The molecule has 6 amide bonds. The van der Waals surface area contributed by atoms with Gasteiger partial charge in [-0.2, -0.15) is 5.10 Å². The Bertz CT molecular complexity index is 3300. The highest BCUT2D eigenvalue weighted by Gasteiger charge is 2.26. The van der Waals surface area contributed by atoms with Crippen molar-refractivity contribution in [3.05, 3.63) is 95.0 Å². The molecule has 0 atom stereocenters. The van der Waals surface area contributed by atoms with Crippen LogP contribution in [0.1, 0.15) is 89.2 Å². The maximum absolute atomic E-state index is 13.9. The third-order valence-corrected chi connectivity index (χ3v) is 11.7. The first-order valence-corrected chi connectivity index (χ1v) is 23.5. The van der Waals surface area contributed by atoms with Crippen molar-refractivity contribution in [2.45, 2.75) is 80.4 Å². The van der Waals surface area contributed by atoms with E-state index >= 15 is 0 Å². The lowest BCUT2D eigenvalue weighted by atomic mass is 10.1. The number of rotatable bonds is 20. The zero-order valence-corrected chi connectivity index (χ0v) is 41.4. The number of hydrogen-bond donors (Lipinski definition) is 3. The van der Waals surface area contributed by atoms with Crippen LogP contribution in [0.3, 0.4) is 0 Å². The van der Waals surface area contributed by atoms with Crippen molar-refractivity contribution in [2.75, 3.05) is 39.2 Å². The van der Waals surface area contributed by atoms with E-state index in [1.165, 1.54) is 42.4 Å². The quantitative estimate of drug-likeness (QED) is 0.0499. The second-order valence-electron chi connectivity index (χ2n) is 16.4. The van der Waals surface area contributed by atoms with Crippen LogP contribution in [0.4, 0.5) is 5.95 Å². The van der Waals surface area contributed by atoms with Crippen molar-refractivity contribution in [2.24, 2.45) is 11.5 Å². The molecule has 6 aromatic heterocycles. The molecule has 0 unspecified atom stereocenters. The standard InChI is InChI=1S/C48H51N13O9.C2H6/c1-7-30-43(70-27(4)51-30)47(67)55-48-54-32-23-28(44(49)65)24-36(69-21-11-17-57(5)37(62)16-20-58-38(63)14-15-39(58)64)41(32)60(48)19-10-9-18-59-42-35(68-6)25-33(45(50)66)52-40(42)29-12-13-31(53-46(29)59)34-22-26(3)56-61(34)8-2;1-2/h9-10,12-15,22-25H,7-8,11,16-21H2,1-6H3,(H2,49,65)(H2,50,66)(H,54,55,67);1-2H3/b10-9+;. The number of nitrogens with zero attached hydrogens (tertiary/aromatic N) is 10. The molecule has 7 aromatic rings. The number of aryl methyl sites for hydroxylation is 4. The molecule has 7 heterocycles. The maximum Gasteiger partial charge on any atom is 0.295 e. The Balaban J connectivity index is 0.00000376. The van der Waals surface area contributed by atoms with Gasteiger partial charge in [0.25, 0.3) is 23.6 Å². The van der Waals surface area contributed by atoms with Crippen LogP contribution in [0, 0.1) is 13.8 Å². The highest BCUT2D eigenvalue weighted by atomic mass is 16.5. The van der Waals surface area contributed by atoms with Gasteiger partial charge in [-0.3, -0.25) is 43.7 Å². The Morgan fingerprint density at radius 2 is 1.60 bits per heavy atom. The lowest BCUT2D eigenvalue weighted by Crippen LogP contribution is -2.36. The predicted octanol–water partition coefficient (Wildman–Crippen LogP) is 5.27. The minimum Gasteiger partial charge on any atom is -0.494 e. The second kappa shape index (κ2) is 21.9. The van der Waals surface area contributed by atoms with E-state index in [0.717, 1.165) is 16.3 Å². The lowest BCUT2D eigenvalue weighted by molar-refractivity contribution is -0.138. The summed E-state index contributed by atoms with van der Waals surface area (Å²) in [6, 6.07) is 10.2. The maximum atomic E-state index is 13.9. The summed E-state index contributed by atoms with van der Waals surface area (Å²) < 4.78 is 23.3. The molecule has 22 nitrogen and oxygen atoms in total. The van der Waals surface area contributed by atoms with Crippen molar-refractivity contribution in [1.82, 2.24) is 48.7 Å². The summed E-state index contributed by atoms with van der Waals surface area (Å²) in [5, 5.41) is 8.14. The number of aromatic nitrogens is 8. The molecule has 0 bridgehead atoms. The van der Waals surface area contributed by atoms with E-state index in [2.05, 4.69) is 20.4 Å². The van der Waals surface area contributed by atoms with E-state index in [-0.39, 0.29) is 79.3 Å². The molecule has 8 rings (SSSR count). The number of carbonyl (C=O) groups excluding carboxylic acids is 6. The van der Waals surface area contributed by atoms with Crippen molar-refractivity contribution < 1.29 is 42.7 Å². The van der Waals surface area contributed by atoms with Crippen LogP contribution >= 0.6 is 0 Å². The predicted molar refractivity (Wildman–Crippen MR) is 267 cm³/mol. The van der Waals surface area contributed by atoms with E-state index in [0.29, 0.717) is 70.0 Å². The molecular formula is C50H57N13O9. The number of fused-ring (bicyclic) bond motifs is 4. The number of pyridine rings is 2. The third kappa shape index (κ3) is 10.4. The summed E-state index contributed by atoms with van der Waals surface area (Å²) in [5.41, 5.74) is 16.7. The first-order chi connectivity index (χ1) is 34.6. The SMILES string of the molecule is CC.CCc1nc(C)oc1C(=O)Nc1nc2cc(C(N)=O)cc(OCCCN(C)C(=O)CCN3C(=O)C=CC3=O)c2n1C/C=C/Cn1c2nc(-c3cc(C)nn3CC)ccc2c2nc(C(N)=O)cc(OC)c21. The van der Waals surface area contributed by atoms with Crippen LogP contribution in [0.2, 0.25) is 0 Å². The first-order valence-electron chi connectivity index (χ1n) is 23.5. The highest BCUT2D eigenvalue weighted by Crippen LogP contribution is 2.36. The third-order valence-electron chi connectivity index (χ3n) is 11.7. The normalized spacial score (nSPS) is 12.4. The molecule has 0 saturated carbocycles. The molecule has 72 heavy (non-hydrogen) atoms. The molecule has 1 aromatic carbocycles. The Kier molecular flexibility index (Phi) is 15.6. The topological polar surface area (TPSA) is 284 Å². The van der Waals surface area contributed by atoms with Gasteiger partial charge in [0.2, 0.25) is 23.5 Å².